The van der Waals surface area contributed by atoms with E-state index < -0.39 is 12.0 Å². The molecule has 1 heterocycles. The maximum Gasteiger partial charge on any atom is 0.323 e. The molecule has 112 valence electrons. The van der Waals surface area contributed by atoms with E-state index >= 15 is 0 Å². The maximum absolute atomic E-state index is 11.5. The Labute approximate surface area is 123 Å². The Kier molecular flexibility index (Phi) is 5.00. The van der Waals surface area contributed by atoms with Crippen molar-refractivity contribution in [2.75, 3.05) is 13.7 Å². The molecule has 2 rings (SSSR count). The number of carbonyl (C=O) groups is 1. The zero-order valence-corrected chi connectivity index (χ0v) is 12.2. The molecular weight excluding hydrogens is 270 g/mol. The third-order valence-corrected chi connectivity index (χ3v) is 3.04. The number of benzene rings is 1. The van der Waals surface area contributed by atoms with Crippen molar-refractivity contribution >= 4 is 5.97 Å². The van der Waals surface area contributed by atoms with Gasteiger partial charge in [-0.05, 0) is 31.2 Å². The fourth-order valence-electron chi connectivity index (χ4n) is 2.03. The van der Waals surface area contributed by atoms with Crippen LogP contribution in [0.2, 0.25) is 0 Å². The number of methoxy groups -OCH3 is 1. The molecule has 0 aliphatic rings. The maximum atomic E-state index is 11.5. The molecule has 0 saturated carbocycles. The first-order valence-corrected chi connectivity index (χ1v) is 6.80. The molecule has 1 unspecified atom stereocenters. The van der Waals surface area contributed by atoms with Gasteiger partial charge < -0.3 is 19.6 Å². The average molecular weight is 289 g/mol. The summed E-state index contributed by atoms with van der Waals surface area (Å²) in [6.07, 6.45) is 0.300. The van der Waals surface area contributed by atoms with Crippen LogP contribution in [0.4, 0.5) is 0 Å². The molecule has 0 saturated heterocycles. The van der Waals surface area contributed by atoms with Crippen LogP contribution in [0.15, 0.2) is 40.8 Å². The summed E-state index contributed by atoms with van der Waals surface area (Å²) in [6, 6.07) is 10.5. The van der Waals surface area contributed by atoms with Crippen LogP contribution in [0, 0.1) is 0 Å². The lowest BCUT2D eigenvalue weighted by atomic mass is 10.1. The Morgan fingerprint density at radius 2 is 2.05 bits per heavy atom. The summed E-state index contributed by atoms with van der Waals surface area (Å²) in [7, 11) is 1.61. The molecule has 0 aliphatic heterocycles. The van der Waals surface area contributed by atoms with E-state index in [1.165, 1.54) is 0 Å². The number of carbonyl (C=O) groups excluding carboxylic acids is 1. The second-order valence-corrected chi connectivity index (χ2v) is 4.53. The van der Waals surface area contributed by atoms with Crippen molar-refractivity contribution in [1.29, 1.82) is 0 Å². The fourth-order valence-corrected chi connectivity index (χ4v) is 2.03. The van der Waals surface area contributed by atoms with Crippen LogP contribution in [-0.4, -0.2) is 25.7 Å². The molecule has 2 aromatic rings. The second kappa shape index (κ2) is 6.95. The lowest BCUT2D eigenvalue weighted by Gasteiger charge is -2.08. The van der Waals surface area contributed by atoms with Gasteiger partial charge in [0.1, 0.15) is 23.3 Å². The highest BCUT2D eigenvalue weighted by Crippen LogP contribution is 2.31. The molecule has 0 bridgehead atoms. The quantitative estimate of drug-likeness (QED) is 0.826. The van der Waals surface area contributed by atoms with E-state index in [1.807, 2.05) is 30.3 Å². The summed E-state index contributed by atoms with van der Waals surface area (Å²) in [4.78, 5) is 11.5. The molecule has 0 amide bonds. The van der Waals surface area contributed by atoms with Crippen LogP contribution in [0.25, 0.3) is 11.3 Å². The van der Waals surface area contributed by atoms with Crippen molar-refractivity contribution in [3.05, 3.63) is 42.2 Å². The molecule has 0 aliphatic carbocycles. The van der Waals surface area contributed by atoms with Gasteiger partial charge in [0.25, 0.3) is 0 Å². The summed E-state index contributed by atoms with van der Waals surface area (Å²) in [5.41, 5.74) is 6.64. The van der Waals surface area contributed by atoms with Crippen molar-refractivity contribution in [2.24, 2.45) is 5.73 Å². The molecule has 0 radical (unpaired) electrons. The highest BCUT2D eigenvalue weighted by Gasteiger charge is 2.18. The third kappa shape index (κ3) is 3.64. The van der Waals surface area contributed by atoms with Gasteiger partial charge >= 0.3 is 5.97 Å². The number of nitrogens with two attached hydrogens (primary N) is 1. The van der Waals surface area contributed by atoms with Crippen LogP contribution in [0.3, 0.4) is 0 Å². The molecule has 1 aromatic heterocycles. The first kappa shape index (κ1) is 15.1. The number of furan rings is 1. The summed E-state index contributed by atoms with van der Waals surface area (Å²) >= 11 is 0. The Morgan fingerprint density at radius 3 is 2.76 bits per heavy atom. The standard InChI is InChI=1S/C16H19NO4/c1-3-20-16(18)13(17)10-11-8-9-15(21-11)12-6-4-5-7-14(12)19-2/h4-9,13H,3,10,17H2,1-2H3. The topological polar surface area (TPSA) is 74.7 Å². The van der Waals surface area contributed by atoms with Gasteiger partial charge in [-0.15, -0.1) is 0 Å². The van der Waals surface area contributed by atoms with E-state index in [9.17, 15) is 4.79 Å². The number of esters is 1. The predicted molar refractivity (Wildman–Crippen MR) is 79.0 cm³/mol. The van der Waals surface area contributed by atoms with Gasteiger partial charge in [-0.25, -0.2) is 0 Å². The van der Waals surface area contributed by atoms with Crippen LogP contribution < -0.4 is 10.5 Å². The molecule has 5 nitrogen and oxygen atoms in total. The number of hydrogen-bond donors (Lipinski definition) is 1. The molecule has 0 spiro atoms. The van der Waals surface area contributed by atoms with Crippen molar-refractivity contribution in [3.63, 3.8) is 0 Å². The SMILES string of the molecule is CCOC(=O)C(N)Cc1ccc(-c2ccccc2OC)o1. The van der Waals surface area contributed by atoms with Gasteiger partial charge in [0.2, 0.25) is 0 Å². The van der Waals surface area contributed by atoms with Crippen LogP contribution in [0.5, 0.6) is 5.75 Å². The van der Waals surface area contributed by atoms with Gasteiger partial charge in [-0.2, -0.15) is 0 Å². The minimum atomic E-state index is -0.721. The second-order valence-electron chi connectivity index (χ2n) is 4.53. The predicted octanol–water partition coefficient (Wildman–Crippen LogP) is 2.39. The van der Waals surface area contributed by atoms with E-state index in [0.717, 1.165) is 11.3 Å². The number of hydrogen-bond acceptors (Lipinski definition) is 5. The van der Waals surface area contributed by atoms with E-state index in [-0.39, 0.29) is 0 Å². The lowest BCUT2D eigenvalue weighted by molar-refractivity contribution is -0.144. The molecule has 1 aromatic carbocycles. The van der Waals surface area contributed by atoms with Gasteiger partial charge in [-0.3, -0.25) is 4.79 Å². The average Bonchev–Trinajstić information content (AvgIpc) is 2.95. The van der Waals surface area contributed by atoms with Crippen molar-refractivity contribution in [2.45, 2.75) is 19.4 Å². The number of para-hydroxylation sites is 1. The van der Waals surface area contributed by atoms with Crippen LogP contribution in [0.1, 0.15) is 12.7 Å². The monoisotopic (exact) mass is 289 g/mol. The smallest absolute Gasteiger partial charge is 0.323 e. The van der Waals surface area contributed by atoms with Crippen LogP contribution >= 0.6 is 0 Å². The fraction of sp³-hybridized carbons (Fsp3) is 0.312. The van der Waals surface area contributed by atoms with Crippen molar-refractivity contribution in [1.82, 2.24) is 0 Å². The minimum absolute atomic E-state index is 0.300. The molecule has 5 heteroatoms. The zero-order chi connectivity index (χ0) is 15.2. The summed E-state index contributed by atoms with van der Waals surface area (Å²) < 4.78 is 15.9. The first-order chi connectivity index (χ1) is 10.2. The Hall–Kier alpha value is -2.27. The summed E-state index contributed by atoms with van der Waals surface area (Å²) in [6.45, 7) is 2.06. The summed E-state index contributed by atoms with van der Waals surface area (Å²) in [5, 5.41) is 0. The van der Waals surface area contributed by atoms with Gasteiger partial charge in [0.05, 0.1) is 19.3 Å². The molecule has 1 atom stereocenters. The molecule has 21 heavy (non-hydrogen) atoms. The van der Waals surface area contributed by atoms with Crippen LogP contribution in [-0.2, 0) is 16.0 Å². The molecular formula is C16H19NO4. The van der Waals surface area contributed by atoms with Gasteiger partial charge in [-0.1, -0.05) is 12.1 Å². The Balaban J connectivity index is 2.13. The minimum Gasteiger partial charge on any atom is -0.496 e. The lowest BCUT2D eigenvalue weighted by Crippen LogP contribution is -2.34. The van der Waals surface area contributed by atoms with E-state index in [1.54, 1.807) is 20.1 Å². The Bertz CT molecular complexity index is 606. The number of ether oxygens (including phenoxy) is 2. The molecule has 0 fully saturated rings. The Morgan fingerprint density at radius 1 is 1.29 bits per heavy atom. The number of rotatable bonds is 6. The van der Waals surface area contributed by atoms with Gasteiger partial charge in [0.15, 0.2) is 0 Å². The largest absolute Gasteiger partial charge is 0.496 e. The van der Waals surface area contributed by atoms with E-state index in [0.29, 0.717) is 24.5 Å². The zero-order valence-electron chi connectivity index (χ0n) is 12.2. The van der Waals surface area contributed by atoms with Crippen molar-refractivity contribution in [3.8, 4) is 17.1 Å². The van der Waals surface area contributed by atoms with E-state index in [2.05, 4.69) is 0 Å². The highest BCUT2D eigenvalue weighted by molar-refractivity contribution is 5.75. The van der Waals surface area contributed by atoms with Gasteiger partial charge in [0, 0.05) is 6.42 Å². The normalized spacial score (nSPS) is 12.0. The first-order valence-electron chi connectivity index (χ1n) is 6.80. The van der Waals surface area contributed by atoms with Crippen molar-refractivity contribution < 1.29 is 18.7 Å². The third-order valence-electron chi connectivity index (χ3n) is 3.04. The summed E-state index contributed by atoms with van der Waals surface area (Å²) in [5.74, 6) is 1.62. The highest BCUT2D eigenvalue weighted by atomic mass is 16.5. The molecule has 2 N–H and O–H groups in total. The van der Waals surface area contributed by atoms with E-state index in [4.69, 9.17) is 19.6 Å².